The van der Waals surface area contributed by atoms with Crippen LogP contribution in [-0.4, -0.2) is 144 Å². The number of amides is 7. The van der Waals surface area contributed by atoms with Crippen LogP contribution in [0.1, 0.15) is 63.4 Å². The van der Waals surface area contributed by atoms with E-state index in [0.717, 1.165) is 0 Å². The third kappa shape index (κ3) is 8.33. The first kappa shape index (κ1) is 40.1. The maximum absolute atomic E-state index is 14.3. The van der Waals surface area contributed by atoms with Gasteiger partial charge in [-0.25, -0.2) is 9.28 Å². The van der Waals surface area contributed by atoms with Crippen LogP contribution in [0.3, 0.4) is 0 Å². The predicted molar refractivity (Wildman–Crippen MR) is 197 cm³/mol. The van der Waals surface area contributed by atoms with Crippen molar-refractivity contribution >= 4 is 53.0 Å². The van der Waals surface area contributed by atoms with Crippen LogP contribution >= 0.6 is 0 Å². The van der Waals surface area contributed by atoms with E-state index in [1.165, 1.54) is 16.8 Å². The van der Waals surface area contributed by atoms with Crippen molar-refractivity contribution in [3.63, 3.8) is 0 Å². The fourth-order valence-electron chi connectivity index (χ4n) is 8.39. The average Bonchev–Trinajstić information content (AvgIpc) is 3.94. The van der Waals surface area contributed by atoms with Crippen LogP contribution in [0.25, 0.3) is 0 Å². The van der Waals surface area contributed by atoms with E-state index in [2.05, 4.69) is 15.6 Å². The zero-order chi connectivity index (χ0) is 39.2. The maximum Gasteiger partial charge on any atom is 0.342 e. The number of quaternary nitrogens is 1. The number of aliphatic hydroxyl groups excluding tert-OH is 1. The number of guanidine groups is 1. The summed E-state index contributed by atoms with van der Waals surface area (Å²) >= 11 is 0. The third-order valence-corrected chi connectivity index (χ3v) is 11.2. The van der Waals surface area contributed by atoms with Crippen molar-refractivity contribution < 1.29 is 38.7 Å². The number of fused-ring (bicyclic) bond motifs is 1. The summed E-state index contributed by atoms with van der Waals surface area (Å²) in [7, 11) is 1.51. The van der Waals surface area contributed by atoms with E-state index in [1.54, 1.807) is 29.2 Å². The van der Waals surface area contributed by atoms with Crippen molar-refractivity contribution in [2.24, 2.45) is 22.2 Å². The summed E-state index contributed by atoms with van der Waals surface area (Å²) < 4.78 is -0.650. The Balaban J connectivity index is 1.20. The number of aliphatic hydroxyl groups is 1. The molecule has 4 heterocycles. The van der Waals surface area contributed by atoms with E-state index in [-0.39, 0.29) is 37.2 Å². The zero-order valence-electron chi connectivity index (χ0n) is 30.8. The fraction of sp³-hybridized carbons (Fsp3) is 0.611. The van der Waals surface area contributed by atoms with Gasteiger partial charge in [0.2, 0.25) is 35.6 Å². The van der Waals surface area contributed by atoms with Crippen LogP contribution in [-0.2, 0) is 40.0 Å². The number of carbonyl (C=O) groups excluding carboxylic acids is 7. The van der Waals surface area contributed by atoms with Gasteiger partial charge in [0.15, 0.2) is 5.96 Å². The predicted octanol–water partition coefficient (Wildman–Crippen LogP) is -2.43. The smallest absolute Gasteiger partial charge is 0.342 e. The number of likely N-dealkylation sites (tertiary alicyclic amines) is 3. The second-order valence-corrected chi connectivity index (χ2v) is 14.6. The number of nitrogens with one attached hydrogen (secondary N) is 2. The molecule has 3 fully saturated rings. The number of likely N-dealkylation sites (N-methyl/N-ethyl adjacent to an activating group) is 1. The van der Waals surface area contributed by atoms with Crippen molar-refractivity contribution in [3.05, 3.63) is 29.8 Å². The molecule has 0 aliphatic carbocycles. The molecule has 9 N–H and O–H groups in total. The van der Waals surface area contributed by atoms with Crippen LogP contribution in [0, 0.1) is 0 Å². The van der Waals surface area contributed by atoms with Crippen molar-refractivity contribution in [1.29, 1.82) is 0 Å². The quantitative estimate of drug-likeness (QED) is 0.0507. The lowest BCUT2D eigenvalue weighted by Gasteiger charge is -2.44. The molecule has 1 aromatic rings. The Kier molecular flexibility index (Phi) is 12.9. The molecule has 5 rings (SSSR count). The minimum absolute atomic E-state index is 0.00827. The summed E-state index contributed by atoms with van der Waals surface area (Å²) in [5.41, 5.74) is 17.4. The molecule has 54 heavy (non-hydrogen) atoms. The molecule has 7 amide bonds. The molecule has 4 aliphatic rings. The van der Waals surface area contributed by atoms with Crippen molar-refractivity contribution in [2.45, 2.75) is 94.4 Å². The minimum atomic E-state index is -1.31. The molecule has 18 heteroatoms. The van der Waals surface area contributed by atoms with Crippen LogP contribution in [0.15, 0.2) is 29.3 Å². The lowest BCUT2D eigenvalue weighted by atomic mass is 9.92. The molecular weight excluding hydrogens is 700 g/mol. The summed E-state index contributed by atoms with van der Waals surface area (Å²) in [6.07, 6.45) is 4.62. The van der Waals surface area contributed by atoms with Gasteiger partial charge in [-0.2, -0.15) is 0 Å². The topological polar surface area (TPSA) is 264 Å². The first-order valence-corrected chi connectivity index (χ1v) is 18.7. The van der Waals surface area contributed by atoms with Crippen molar-refractivity contribution in [1.82, 2.24) is 29.8 Å². The van der Waals surface area contributed by atoms with E-state index in [9.17, 15) is 38.7 Å². The highest BCUT2D eigenvalue weighted by molar-refractivity contribution is 6.03. The van der Waals surface area contributed by atoms with Gasteiger partial charge in [-0.05, 0) is 57.4 Å². The summed E-state index contributed by atoms with van der Waals surface area (Å²) in [6.45, 7) is 0.274. The van der Waals surface area contributed by atoms with E-state index >= 15 is 0 Å². The van der Waals surface area contributed by atoms with Crippen molar-refractivity contribution in [3.8, 4) is 0 Å². The van der Waals surface area contributed by atoms with Gasteiger partial charge in [0.25, 0.3) is 5.91 Å². The summed E-state index contributed by atoms with van der Waals surface area (Å²) in [5.74, 6) is -3.42. The average molecular weight is 754 g/mol. The molecule has 6 atom stereocenters. The van der Waals surface area contributed by atoms with Gasteiger partial charge in [-0.1, -0.05) is 18.2 Å². The summed E-state index contributed by atoms with van der Waals surface area (Å²) in [6, 6.07) is 2.20. The maximum atomic E-state index is 14.3. The molecule has 1 aromatic carbocycles. The van der Waals surface area contributed by atoms with E-state index in [0.29, 0.717) is 82.3 Å². The molecule has 2 unspecified atom stereocenters. The first-order chi connectivity index (χ1) is 25.8. The molecule has 0 radical (unpaired) electrons. The molecule has 0 spiro atoms. The van der Waals surface area contributed by atoms with Gasteiger partial charge in [0.05, 0.1) is 13.6 Å². The molecule has 0 aromatic heterocycles. The van der Waals surface area contributed by atoms with Gasteiger partial charge >= 0.3 is 5.91 Å². The Morgan fingerprint density at radius 1 is 0.907 bits per heavy atom. The highest BCUT2D eigenvalue weighted by Gasteiger charge is 2.55. The van der Waals surface area contributed by atoms with E-state index in [4.69, 9.17) is 17.2 Å². The van der Waals surface area contributed by atoms with Crippen LogP contribution in [0.2, 0.25) is 0 Å². The fourth-order valence-corrected chi connectivity index (χ4v) is 8.39. The summed E-state index contributed by atoms with van der Waals surface area (Å²) in [5, 5.41) is 15.9. The number of para-hydroxylation sites is 1. The Morgan fingerprint density at radius 2 is 1.56 bits per heavy atom. The lowest BCUT2D eigenvalue weighted by molar-refractivity contribution is -0.149. The van der Waals surface area contributed by atoms with Crippen LogP contribution in [0.5, 0.6) is 0 Å². The number of unbranched alkanes of at least 4 members (excludes halogenated alkanes) is 1. The Morgan fingerprint density at radius 3 is 2.24 bits per heavy atom. The highest BCUT2D eigenvalue weighted by Crippen LogP contribution is 2.36. The van der Waals surface area contributed by atoms with Crippen LogP contribution < -0.4 is 32.3 Å². The van der Waals surface area contributed by atoms with Crippen LogP contribution in [0.4, 0.5) is 5.69 Å². The molecule has 0 bridgehead atoms. The van der Waals surface area contributed by atoms with E-state index < -0.39 is 77.4 Å². The number of carbonyl (C=O) groups is 7. The molecular formula is C36H53N10O8+. The van der Waals surface area contributed by atoms with Gasteiger partial charge in [0, 0.05) is 44.6 Å². The van der Waals surface area contributed by atoms with Gasteiger partial charge < -0.3 is 47.6 Å². The van der Waals surface area contributed by atoms with Crippen molar-refractivity contribution in [2.75, 3.05) is 46.4 Å². The number of rotatable bonds is 14. The Hall–Kier alpha value is -5.10. The normalized spacial score (nSPS) is 25.5. The molecule has 18 nitrogen and oxygen atoms in total. The summed E-state index contributed by atoms with van der Waals surface area (Å²) in [4.78, 5) is 102. The number of primary amides is 1. The number of aliphatic imine (C=N–C) groups is 1. The SMILES string of the molecule is C[N+]1([C@@H](CO)C(=O)N2CCC[C@H]2C(N)=O)C(=O)[C@@H](NC(=O)CNC(=O)[C@@H]2CCCN2C(=O)C2CCCN2C(=O)CCCCN=C(N)N)Cc2ccccc21. The third-order valence-electron chi connectivity index (χ3n) is 11.2. The highest BCUT2D eigenvalue weighted by atomic mass is 16.3. The largest absolute Gasteiger partial charge is 0.390 e. The Labute approximate surface area is 314 Å². The number of nitrogens with two attached hydrogens (primary N) is 3. The Bertz CT molecular complexity index is 1670. The first-order valence-electron chi connectivity index (χ1n) is 18.7. The molecule has 3 saturated heterocycles. The van der Waals surface area contributed by atoms with E-state index in [1.807, 2.05) is 0 Å². The second-order valence-electron chi connectivity index (χ2n) is 14.6. The van der Waals surface area contributed by atoms with Gasteiger partial charge in [0.1, 0.15) is 36.5 Å². The number of hydrogen-bond donors (Lipinski definition) is 6. The molecule has 4 aliphatic heterocycles. The van der Waals surface area contributed by atoms with Gasteiger partial charge in [-0.15, -0.1) is 0 Å². The molecule has 294 valence electrons. The zero-order valence-corrected chi connectivity index (χ0v) is 30.8. The standard InChI is InChI=1S/C36H52N10O8/c1-46(28(21-47)34(53)44-17-6-10-24(44)31(37)50)27-13-3-2-9-22(27)19-23(35(46)54)42-29(48)20-41-32(51)25-11-7-18-45(25)33(52)26-12-8-16-43(26)30(49)14-4-5-15-40-36(38)39/h2-3,9,13,23-26,28,47H,4-8,10-12,14-21H2,1H3,(H7-,37,38,39,40,41,42,48,50,51)/p+1/t23-,24-,25-,26?,28-,46?/m0/s1. The number of hydrogen-bond acceptors (Lipinski definition) is 9. The lowest BCUT2D eigenvalue weighted by Crippen LogP contribution is -2.71. The second kappa shape index (κ2) is 17.4. The van der Waals surface area contributed by atoms with Gasteiger partial charge in [-0.3, -0.25) is 33.8 Å². The monoisotopic (exact) mass is 753 g/mol. The minimum Gasteiger partial charge on any atom is -0.390 e. The molecule has 0 saturated carbocycles. The number of benzene rings is 1. The number of nitrogens with zero attached hydrogens (tertiary/aromatic N) is 5.